The fourth-order valence-corrected chi connectivity index (χ4v) is 14.9. The first kappa shape index (κ1) is 45.4. The first-order valence-corrected chi connectivity index (χ1v) is 27.5. The minimum Gasteiger partial charge on any atom is -0.456 e. The van der Waals surface area contributed by atoms with Gasteiger partial charge in [0, 0.05) is 56.0 Å². The van der Waals surface area contributed by atoms with Crippen LogP contribution in [0.2, 0.25) is 0 Å². The summed E-state index contributed by atoms with van der Waals surface area (Å²) < 4.78 is 14.2. The maximum atomic E-state index is 7.22. The van der Waals surface area contributed by atoms with Crippen molar-refractivity contribution in [3.05, 3.63) is 148 Å². The van der Waals surface area contributed by atoms with Gasteiger partial charge in [0.2, 0.25) is 0 Å². The smallest absolute Gasteiger partial charge is 0.252 e. The van der Waals surface area contributed by atoms with Crippen molar-refractivity contribution in [2.24, 2.45) is 0 Å². The molecule has 5 aliphatic rings. The molecule has 9 aromatic rings. The van der Waals surface area contributed by atoms with E-state index in [4.69, 9.17) is 8.83 Å². The van der Waals surface area contributed by atoms with Crippen LogP contribution in [0.5, 0.6) is 0 Å². The Morgan fingerprint density at radius 3 is 1.47 bits per heavy atom. The lowest BCUT2D eigenvalue weighted by molar-refractivity contribution is 0.332. The molecular formula is C68H71BN2O2. The molecule has 0 radical (unpaired) electrons. The molecule has 4 heterocycles. The van der Waals surface area contributed by atoms with Crippen molar-refractivity contribution in [2.45, 2.75) is 168 Å². The highest BCUT2D eigenvalue weighted by atomic mass is 16.3. The first-order valence-electron chi connectivity index (χ1n) is 27.5. The van der Waals surface area contributed by atoms with Crippen molar-refractivity contribution < 1.29 is 8.83 Å². The number of nitrogens with zero attached hydrogens (tertiary/aromatic N) is 2. The van der Waals surface area contributed by atoms with E-state index in [0.717, 1.165) is 64.5 Å². The van der Waals surface area contributed by atoms with Gasteiger partial charge in [0.1, 0.15) is 16.7 Å². The largest absolute Gasteiger partial charge is 0.456 e. The van der Waals surface area contributed by atoms with Crippen LogP contribution in [0.15, 0.2) is 112 Å². The van der Waals surface area contributed by atoms with Crippen LogP contribution >= 0.6 is 0 Å². The van der Waals surface area contributed by atoms with Gasteiger partial charge in [-0.2, -0.15) is 0 Å². The quantitative estimate of drug-likeness (QED) is 0.162. The number of furan rings is 2. The monoisotopic (exact) mass is 959 g/mol. The Balaban J connectivity index is 1.13. The van der Waals surface area contributed by atoms with Gasteiger partial charge in [-0.05, 0) is 194 Å². The van der Waals surface area contributed by atoms with Crippen LogP contribution in [-0.4, -0.2) is 6.71 Å². The van der Waals surface area contributed by atoms with Crippen molar-refractivity contribution in [3.63, 3.8) is 0 Å². The fourth-order valence-electron chi connectivity index (χ4n) is 14.9. The molecule has 7 aromatic carbocycles. The predicted molar refractivity (Wildman–Crippen MR) is 310 cm³/mol. The maximum Gasteiger partial charge on any atom is 0.252 e. The van der Waals surface area contributed by atoms with Crippen molar-refractivity contribution in [1.29, 1.82) is 0 Å². The van der Waals surface area contributed by atoms with E-state index in [-0.39, 0.29) is 39.2 Å². The van der Waals surface area contributed by atoms with Crippen LogP contribution in [0.25, 0.3) is 43.9 Å². The summed E-state index contributed by atoms with van der Waals surface area (Å²) >= 11 is 0. The Kier molecular flexibility index (Phi) is 8.92. The molecule has 4 nitrogen and oxygen atoms in total. The normalized spacial score (nSPS) is 20.2. The molecule has 0 N–H and O–H groups in total. The summed E-state index contributed by atoms with van der Waals surface area (Å²) in [5.41, 5.74) is 26.6. The molecule has 0 amide bonds. The number of hydrogen-bond donors (Lipinski definition) is 0. The van der Waals surface area contributed by atoms with E-state index in [9.17, 15) is 0 Å². The molecule has 0 fully saturated rings. The van der Waals surface area contributed by atoms with Crippen LogP contribution in [0.3, 0.4) is 0 Å². The molecule has 0 atom stereocenters. The second kappa shape index (κ2) is 14.3. The van der Waals surface area contributed by atoms with E-state index in [0.29, 0.717) is 0 Å². The Morgan fingerprint density at radius 1 is 0.370 bits per heavy atom. The number of para-hydroxylation sites is 2. The zero-order chi connectivity index (χ0) is 50.8. The number of rotatable bonds is 2. The van der Waals surface area contributed by atoms with Gasteiger partial charge >= 0.3 is 0 Å². The van der Waals surface area contributed by atoms with Crippen LogP contribution in [0, 0.1) is 13.8 Å². The Labute approximate surface area is 433 Å². The molecule has 0 saturated heterocycles. The Bertz CT molecular complexity index is 3920. The summed E-state index contributed by atoms with van der Waals surface area (Å²) in [5.74, 6) is 0. The first-order chi connectivity index (χ1) is 34.4. The Hall–Kier alpha value is -6.20. The van der Waals surface area contributed by atoms with E-state index in [1.54, 1.807) is 0 Å². The molecule has 3 aliphatic carbocycles. The number of fused-ring (bicyclic) bond motifs is 13. The molecule has 73 heavy (non-hydrogen) atoms. The highest BCUT2D eigenvalue weighted by Crippen LogP contribution is 2.55. The van der Waals surface area contributed by atoms with Gasteiger partial charge < -0.3 is 18.6 Å². The molecular weight excluding hydrogens is 888 g/mol. The van der Waals surface area contributed by atoms with Gasteiger partial charge in [0.15, 0.2) is 5.58 Å². The minimum absolute atomic E-state index is 0.00586. The summed E-state index contributed by atoms with van der Waals surface area (Å²) in [6.45, 7) is 34.1. The molecule has 2 aliphatic heterocycles. The fraction of sp³-hybridized carbons (Fsp3) is 0.382. The van der Waals surface area contributed by atoms with Gasteiger partial charge in [0.05, 0.1) is 5.69 Å². The average Bonchev–Trinajstić information content (AvgIpc) is 3.90. The molecule has 5 heteroatoms. The average molecular weight is 959 g/mol. The number of hydrogen-bond acceptors (Lipinski definition) is 4. The molecule has 0 unspecified atom stereocenters. The lowest BCUT2D eigenvalue weighted by Crippen LogP contribution is -2.62. The van der Waals surface area contributed by atoms with Crippen LogP contribution in [0.4, 0.5) is 34.1 Å². The summed E-state index contributed by atoms with van der Waals surface area (Å²) in [6.07, 6.45) is 6.95. The summed E-state index contributed by atoms with van der Waals surface area (Å²) in [7, 11) is 0. The van der Waals surface area contributed by atoms with E-state index in [2.05, 4.69) is 210 Å². The molecule has 0 saturated carbocycles. The predicted octanol–water partition coefficient (Wildman–Crippen LogP) is 17.2. The van der Waals surface area contributed by atoms with E-state index >= 15 is 0 Å². The third kappa shape index (κ3) is 6.20. The second-order valence-corrected chi connectivity index (χ2v) is 27.4. The number of benzene rings is 7. The molecule has 2 aromatic heterocycles. The highest BCUT2D eigenvalue weighted by molar-refractivity contribution is 7.00. The van der Waals surface area contributed by atoms with Gasteiger partial charge in [-0.3, -0.25) is 0 Å². The minimum atomic E-state index is -0.0558. The van der Waals surface area contributed by atoms with Crippen molar-refractivity contribution >= 4 is 101 Å². The summed E-state index contributed by atoms with van der Waals surface area (Å²) in [6, 6.07) is 40.6. The zero-order valence-electron chi connectivity index (χ0n) is 45.8. The molecule has 0 spiro atoms. The second-order valence-electron chi connectivity index (χ2n) is 27.4. The summed E-state index contributed by atoms with van der Waals surface area (Å²) in [5, 5.41) is 4.71. The lowest BCUT2D eigenvalue weighted by Gasteiger charge is -2.48. The lowest BCUT2D eigenvalue weighted by atomic mass is 9.33. The van der Waals surface area contributed by atoms with Crippen LogP contribution in [0.1, 0.15) is 166 Å². The van der Waals surface area contributed by atoms with Gasteiger partial charge in [0.25, 0.3) is 6.71 Å². The Morgan fingerprint density at radius 2 is 0.836 bits per heavy atom. The van der Waals surface area contributed by atoms with E-state index < -0.39 is 0 Å². The van der Waals surface area contributed by atoms with Crippen LogP contribution < -0.4 is 26.2 Å². The SMILES string of the molecule is Cc1cc2c3c(c1)N(c1cccc4c1oc1ccccc14)c1cc4c(cc1B3c1cc3c(cc1N2c1cc2c(cc1C)C(C)(C)CCC2(C)C)oc1cc2c(cc13)C(C)(C)CCC2(C)C)C(C)(C)CCC4(C)C. The molecule has 0 bridgehead atoms. The van der Waals surface area contributed by atoms with Gasteiger partial charge in [-0.1, -0.05) is 132 Å². The summed E-state index contributed by atoms with van der Waals surface area (Å²) in [4.78, 5) is 5.27. The van der Waals surface area contributed by atoms with Gasteiger partial charge in [-0.25, -0.2) is 0 Å². The van der Waals surface area contributed by atoms with Crippen molar-refractivity contribution in [3.8, 4) is 0 Å². The van der Waals surface area contributed by atoms with E-state index in [1.807, 2.05) is 0 Å². The molecule has 14 rings (SSSR count). The topological polar surface area (TPSA) is 32.8 Å². The van der Waals surface area contributed by atoms with Crippen molar-refractivity contribution in [2.75, 3.05) is 9.80 Å². The standard InChI is InChI=1S/C68H71BN2O2/c1-38-28-56-61-57(29-38)71(53-34-47-44(30-39(53)2)63(3,4)22-25-66(47,9)10)55-37-60-43(42-31-45-49(36-59(42)72-60)68(13,14)27-23-64(45,5)6)32-50(55)69(61)51-33-46-48(67(11,12)26-24-65(46,7)8)35-54(51)70(56)52-20-17-19-41-40-18-15-16-21-58(40)73-62(41)52/h15-21,28-37H,22-27H2,1-14H3. The van der Waals surface area contributed by atoms with Crippen molar-refractivity contribution in [1.82, 2.24) is 0 Å². The molecule has 368 valence electrons. The zero-order valence-corrected chi connectivity index (χ0v) is 45.8. The number of anilines is 6. The van der Waals surface area contributed by atoms with Gasteiger partial charge in [-0.15, -0.1) is 0 Å². The maximum absolute atomic E-state index is 7.22. The third-order valence-corrected chi connectivity index (χ3v) is 19.8. The highest BCUT2D eigenvalue weighted by Gasteiger charge is 2.48. The number of aryl methyl sites for hydroxylation is 2. The van der Waals surface area contributed by atoms with Crippen LogP contribution in [-0.2, 0) is 32.5 Å². The van der Waals surface area contributed by atoms with E-state index in [1.165, 1.54) is 113 Å². The third-order valence-electron chi connectivity index (χ3n) is 19.8.